The van der Waals surface area contributed by atoms with E-state index in [0.717, 1.165) is 61.1 Å². The van der Waals surface area contributed by atoms with Gasteiger partial charge in [-0.25, -0.2) is 0 Å². The lowest BCUT2D eigenvalue weighted by Crippen LogP contribution is -2.30. The molecule has 0 atom stereocenters. The van der Waals surface area contributed by atoms with Gasteiger partial charge in [0.05, 0.1) is 15.5 Å². The van der Waals surface area contributed by atoms with Crippen LogP contribution in [0.4, 0.5) is 16.2 Å². The van der Waals surface area contributed by atoms with Gasteiger partial charge < -0.3 is 9.47 Å². The Labute approximate surface area is 191 Å². The molecule has 0 aliphatic carbocycles. The molecule has 2 aliphatic rings. The van der Waals surface area contributed by atoms with Crippen LogP contribution in [0.1, 0.15) is 43.1 Å². The van der Waals surface area contributed by atoms with Gasteiger partial charge in [0.25, 0.3) is 16.8 Å². The van der Waals surface area contributed by atoms with E-state index in [2.05, 4.69) is 4.90 Å². The third-order valence-corrected chi connectivity index (χ3v) is 6.96. The Hall–Kier alpha value is -3.07. The fourth-order valence-corrected chi connectivity index (χ4v) is 5.34. The van der Waals surface area contributed by atoms with Crippen LogP contribution in [-0.2, 0) is 4.79 Å². The predicted octanol–water partition coefficient (Wildman–Crippen LogP) is 5.05. The zero-order valence-electron chi connectivity index (χ0n) is 18.5. The number of aromatic nitrogens is 1. The molecule has 1 aromatic carbocycles. The Morgan fingerprint density at radius 2 is 1.84 bits per heavy atom. The molecule has 0 N–H and O–H groups in total. The Morgan fingerprint density at radius 1 is 1.12 bits per heavy atom. The zero-order valence-corrected chi connectivity index (χ0v) is 19.3. The fraction of sp³-hybridized carbons (Fsp3) is 0.391. The number of amides is 2. The van der Waals surface area contributed by atoms with E-state index in [1.54, 1.807) is 19.1 Å². The molecule has 2 saturated heterocycles. The molecule has 0 spiro atoms. The van der Waals surface area contributed by atoms with Crippen molar-refractivity contribution in [2.75, 3.05) is 24.5 Å². The number of carbonyl (C=O) groups excluding carboxylic acids is 2. The van der Waals surface area contributed by atoms with Gasteiger partial charge in [0.1, 0.15) is 5.69 Å². The number of benzene rings is 1. The molecule has 168 valence electrons. The Balaban J connectivity index is 1.72. The summed E-state index contributed by atoms with van der Waals surface area (Å²) in [5.74, 6) is -0.283. The van der Waals surface area contributed by atoms with E-state index in [-0.39, 0.29) is 21.8 Å². The molecule has 4 rings (SSSR count). The summed E-state index contributed by atoms with van der Waals surface area (Å²) >= 11 is 0.939. The average Bonchev–Trinajstić information content (AvgIpc) is 3.21. The number of thioether (sulfide) groups is 1. The van der Waals surface area contributed by atoms with Crippen LogP contribution in [0.2, 0.25) is 0 Å². The van der Waals surface area contributed by atoms with Gasteiger partial charge in [0.15, 0.2) is 0 Å². The maximum atomic E-state index is 12.5. The van der Waals surface area contributed by atoms with Crippen molar-refractivity contribution in [2.45, 2.75) is 40.0 Å². The van der Waals surface area contributed by atoms with Crippen LogP contribution >= 0.6 is 11.8 Å². The molecule has 0 saturated carbocycles. The van der Waals surface area contributed by atoms with Gasteiger partial charge in [-0.05, 0) is 81.6 Å². The van der Waals surface area contributed by atoms with Crippen LogP contribution in [0.25, 0.3) is 11.8 Å². The molecule has 3 heterocycles. The standard InChI is InChI=1S/C23H26N4O4S/c1-4-25-22(28)21(32-23(25)29)13-17-12-15(2)26(16(17)3)18-8-9-19(20(14-18)27(30)31)24-10-6-5-7-11-24/h8-9,12-14H,4-7,10-11H2,1-3H3/b21-13-. The molecule has 0 unspecified atom stereocenters. The maximum Gasteiger partial charge on any atom is 0.294 e. The van der Waals surface area contributed by atoms with Crippen LogP contribution in [0, 0.1) is 24.0 Å². The number of hydrogen-bond acceptors (Lipinski definition) is 6. The summed E-state index contributed by atoms with van der Waals surface area (Å²) < 4.78 is 1.95. The van der Waals surface area contributed by atoms with Gasteiger partial charge in [0, 0.05) is 37.1 Å². The van der Waals surface area contributed by atoms with E-state index in [9.17, 15) is 19.7 Å². The van der Waals surface area contributed by atoms with Crippen molar-refractivity contribution in [3.63, 3.8) is 0 Å². The normalized spacial score (nSPS) is 18.2. The number of carbonyl (C=O) groups is 2. The predicted molar refractivity (Wildman–Crippen MR) is 126 cm³/mol. The first kappa shape index (κ1) is 22.1. The van der Waals surface area contributed by atoms with Crippen LogP contribution in [0.5, 0.6) is 0 Å². The van der Waals surface area contributed by atoms with Crippen LogP contribution in [0.3, 0.4) is 0 Å². The number of rotatable bonds is 5. The summed E-state index contributed by atoms with van der Waals surface area (Å²) in [6, 6.07) is 7.30. The average molecular weight is 455 g/mol. The molecule has 1 aromatic heterocycles. The second kappa shape index (κ2) is 8.82. The van der Waals surface area contributed by atoms with E-state index in [0.29, 0.717) is 22.8 Å². The minimum Gasteiger partial charge on any atom is -0.366 e. The quantitative estimate of drug-likeness (QED) is 0.357. The summed E-state index contributed by atoms with van der Waals surface area (Å²) in [5.41, 5.74) is 4.02. The molecule has 8 nitrogen and oxygen atoms in total. The number of nitro benzene ring substituents is 1. The second-order valence-corrected chi connectivity index (χ2v) is 9.06. The minimum atomic E-state index is -0.316. The van der Waals surface area contributed by atoms with Gasteiger partial charge >= 0.3 is 0 Å². The van der Waals surface area contributed by atoms with Crippen molar-refractivity contribution >= 4 is 40.4 Å². The molecule has 2 aromatic rings. The summed E-state index contributed by atoms with van der Waals surface area (Å²) in [5, 5.41) is 11.6. The first-order valence-electron chi connectivity index (χ1n) is 10.8. The number of anilines is 1. The van der Waals surface area contributed by atoms with E-state index < -0.39 is 0 Å². The number of hydrogen-bond donors (Lipinski definition) is 0. The highest BCUT2D eigenvalue weighted by Crippen LogP contribution is 2.36. The Kier molecular flexibility index (Phi) is 6.10. The smallest absolute Gasteiger partial charge is 0.294 e. The third kappa shape index (κ3) is 3.92. The number of likely N-dealkylation sites (N-methyl/N-ethyl adjacent to an activating group) is 1. The Morgan fingerprint density at radius 3 is 2.47 bits per heavy atom. The molecule has 0 bridgehead atoms. The highest BCUT2D eigenvalue weighted by Gasteiger charge is 2.34. The lowest BCUT2D eigenvalue weighted by atomic mass is 10.1. The molecule has 2 aliphatic heterocycles. The zero-order chi connectivity index (χ0) is 23.0. The van der Waals surface area contributed by atoms with Crippen molar-refractivity contribution in [3.8, 4) is 5.69 Å². The lowest BCUT2D eigenvalue weighted by Gasteiger charge is -2.28. The van der Waals surface area contributed by atoms with Crippen molar-refractivity contribution in [1.82, 2.24) is 9.47 Å². The van der Waals surface area contributed by atoms with E-state index >= 15 is 0 Å². The summed E-state index contributed by atoms with van der Waals surface area (Å²) in [6.45, 7) is 7.61. The largest absolute Gasteiger partial charge is 0.366 e. The van der Waals surface area contributed by atoms with Gasteiger partial charge in [-0.3, -0.25) is 24.6 Å². The number of nitro groups is 1. The first-order chi connectivity index (χ1) is 15.3. The van der Waals surface area contributed by atoms with Gasteiger partial charge in [-0.2, -0.15) is 0 Å². The highest BCUT2D eigenvalue weighted by atomic mass is 32.2. The summed E-state index contributed by atoms with van der Waals surface area (Å²) in [7, 11) is 0. The molecular weight excluding hydrogens is 428 g/mol. The molecule has 32 heavy (non-hydrogen) atoms. The van der Waals surface area contributed by atoms with Gasteiger partial charge in [0.2, 0.25) is 0 Å². The van der Waals surface area contributed by atoms with Crippen molar-refractivity contribution in [2.24, 2.45) is 0 Å². The minimum absolute atomic E-state index is 0.0996. The number of imide groups is 1. The number of aryl methyl sites for hydroxylation is 1. The van der Waals surface area contributed by atoms with Crippen LogP contribution < -0.4 is 4.90 Å². The monoisotopic (exact) mass is 454 g/mol. The third-order valence-electron chi connectivity index (χ3n) is 6.06. The SMILES string of the molecule is CCN1C(=O)S/C(=C\c2cc(C)n(-c3ccc(N4CCCCC4)c([N+](=O)[O-])c3)c2C)C1=O. The van der Waals surface area contributed by atoms with Crippen LogP contribution in [-0.4, -0.2) is 45.2 Å². The molecule has 2 amide bonds. The molecule has 2 fully saturated rings. The lowest BCUT2D eigenvalue weighted by molar-refractivity contribution is -0.384. The fourth-order valence-electron chi connectivity index (χ4n) is 4.44. The van der Waals surface area contributed by atoms with Gasteiger partial charge in [-0.1, -0.05) is 0 Å². The van der Waals surface area contributed by atoms with E-state index in [1.165, 1.54) is 4.90 Å². The summed E-state index contributed by atoms with van der Waals surface area (Å²) in [4.78, 5) is 39.7. The van der Waals surface area contributed by atoms with Gasteiger partial charge in [-0.15, -0.1) is 0 Å². The Bertz CT molecular complexity index is 1130. The maximum absolute atomic E-state index is 12.5. The molecule has 0 radical (unpaired) electrons. The van der Waals surface area contributed by atoms with Crippen molar-refractivity contribution in [3.05, 3.63) is 56.2 Å². The van der Waals surface area contributed by atoms with Crippen molar-refractivity contribution in [1.29, 1.82) is 0 Å². The highest BCUT2D eigenvalue weighted by molar-refractivity contribution is 8.18. The number of nitrogens with zero attached hydrogens (tertiary/aromatic N) is 4. The van der Waals surface area contributed by atoms with E-state index in [1.807, 2.05) is 36.6 Å². The number of piperidine rings is 1. The van der Waals surface area contributed by atoms with Crippen molar-refractivity contribution < 1.29 is 14.5 Å². The first-order valence-corrected chi connectivity index (χ1v) is 11.6. The molecule has 9 heteroatoms. The summed E-state index contributed by atoms with van der Waals surface area (Å²) in [6.07, 6.45) is 4.98. The van der Waals surface area contributed by atoms with E-state index in [4.69, 9.17) is 0 Å². The van der Waals surface area contributed by atoms with Crippen LogP contribution in [0.15, 0.2) is 29.2 Å². The second-order valence-electron chi connectivity index (χ2n) is 8.07. The molecular formula is C23H26N4O4S. The topological polar surface area (TPSA) is 88.7 Å².